The Morgan fingerprint density at radius 2 is 2.12 bits per heavy atom. The Bertz CT molecular complexity index is 912. The third-order valence-electron chi connectivity index (χ3n) is 3.10. The quantitative estimate of drug-likeness (QED) is 0.576. The molecule has 3 aromatic rings. The van der Waals surface area contributed by atoms with Gasteiger partial charge in [0.1, 0.15) is 10.7 Å². The molecule has 1 aromatic carbocycles. The Hall–Kier alpha value is -1.41. The number of benzene rings is 1. The van der Waals surface area contributed by atoms with Gasteiger partial charge in [-0.3, -0.25) is 9.48 Å². The van der Waals surface area contributed by atoms with Gasteiger partial charge in [-0.25, -0.2) is 4.39 Å². The van der Waals surface area contributed by atoms with E-state index < -0.39 is 5.91 Å². The molecule has 0 bridgehead atoms. The summed E-state index contributed by atoms with van der Waals surface area (Å²) < 4.78 is 16.2. The zero-order valence-corrected chi connectivity index (χ0v) is 15.8. The fourth-order valence-corrected chi connectivity index (χ4v) is 3.88. The first-order chi connectivity index (χ1) is 11.4. The first-order valence-electron chi connectivity index (χ1n) is 6.66. The number of aromatic nitrogens is 2. The first kappa shape index (κ1) is 17.4. The predicted octanol–water partition coefficient (Wildman–Crippen LogP) is 5.45. The molecule has 0 aliphatic heterocycles. The molecule has 2 aromatic heterocycles. The average molecular weight is 449 g/mol. The van der Waals surface area contributed by atoms with E-state index in [9.17, 15) is 9.18 Å². The van der Waals surface area contributed by atoms with Gasteiger partial charge in [-0.1, -0.05) is 41.4 Å². The summed E-state index contributed by atoms with van der Waals surface area (Å²) in [7, 11) is 0. The summed E-state index contributed by atoms with van der Waals surface area (Å²) in [6.07, 6.45) is 1.66. The van der Waals surface area contributed by atoms with E-state index in [4.69, 9.17) is 23.2 Å². The molecule has 9 heteroatoms. The van der Waals surface area contributed by atoms with Crippen LogP contribution in [0, 0.1) is 5.82 Å². The number of carbonyl (C=O) groups is 1. The summed E-state index contributed by atoms with van der Waals surface area (Å²) in [5, 5.41) is 7.19. The van der Waals surface area contributed by atoms with Crippen LogP contribution in [0.15, 0.2) is 41.0 Å². The maximum Gasteiger partial charge on any atom is 0.268 e. The number of nitrogens with one attached hydrogen (secondary N) is 1. The third-order valence-corrected chi connectivity index (χ3v) is 5.36. The summed E-state index contributed by atoms with van der Waals surface area (Å²) in [6, 6.07) is 7.95. The number of halogens is 4. The number of hydrogen-bond acceptors (Lipinski definition) is 3. The topological polar surface area (TPSA) is 46.9 Å². The fraction of sp³-hybridized carbons (Fsp3) is 0.0667. The fourth-order valence-electron chi connectivity index (χ4n) is 2.02. The molecule has 3 rings (SSSR count). The van der Waals surface area contributed by atoms with E-state index in [0.717, 1.165) is 11.3 Å². The standard InChI is InChI=1S/C15H9BrCl2FN3OS/c16-9-7-22(6-8-3-1-2-4-11(8)19)21-14(9)20-15(23)13-10(17)5-12(18)24-13/h1-5,7H,6H2,(H,20,21,23). The molecule has 24 heavy (non-hydrogen) atoms. The molecule has 0 spiro atoms. The van der Waals surface area contributed by atoms with Crippen LogP contribution in [0.4, 0.5) is 10.2 Å². The summed E-state index contributed by atoms with van der Waals surface area (Å²) in [5.41, 5.74) is 0.499. The lowest BCUT2D eigenvalue weighted by Crippen LogP contribution is -2.12. The van der Waals surface area contributed by atoms with E-state index in [1.807, 2.05) is 0 Å². The van der Waals surface area contributed by atoms with Crippen LogP contribution in [-0.4, -0.2) is 15.7 Å². The number of carbonyl (C=O) groups excluding carboxylic acids is 1. The molecule has 0 unspecified atom stereocenters. The van der Waals surface area contributed by atoms with E-state index in [0.29, 0.717) is 25.1 Å². The SMILES string of the molecule is O=C(Nc1nn(Cc2ccccc2F)cc1Br)c1sc(Cl)cc1Cl. The van der Waals surface area contributed by atoms with Gasteiger partial charge in [0, 0.05) is 11.8 Å². The van der Waals surface area contributed by atoms with Crippen LogP contribution in [0.25, 0.3) is 0 Å². The second-order valence-corrected chi connectivity index (χ2v) is 7.74. The zero-order chi connectivity index (χ0) is 17.3. The van der Waals surface area contributed by atoms with Crippen molar-refractivity contribution in [1.29, 1.82) is 0 Å². The van der Waals surface area contributed by atoms with Gasteiger partial charge in [-0.15, -0.1) is 11.3 Å². The lowest BCUT2D eigenvalue weighted by Gasteiger charge is -2.03. The van der Waals surface area contributed by atoms with Crippen molar-refractivity contribution in [3.8, 4) is 0 Å². The molecule has 1 N–H and O–H groups in total. The highest BCUT2D eigenvalue weighted by Gasteiger charge is 2.17. The normalized spacial score (nSPS) is 10.8. The summed E-state index contributed by atoms with van der Waals surface area (Å²) >= 11 is 16.2. The van der Waals surface area contributed by atoms with Crippen molar-refractivity contribution in [2.24, 2.45) is 0 Å². The van der Waals surface area contributed by atoms with Gasteiger partial charge in [0.25, 0.3) is 5.91 Å². The van der Waals surface area contributed by atoms with Gasteiger partial charge in [0.2, 0.25) is 0 Å². The molecule has 0 saturated heterocycles. The third kappa shape index (κ3) is 3.80. The Labute approximate surface area is 159 Å². The number of amides is 1. The number of thiophene rings is 1. The van der Waals surface area contributed by atoms with Crippen LogP contribution in [0.5, 0.6) is 0 Å². The Kier molecular flexibility index (Phi) is 5.24. The minimum atomic E-state index is -0.409. The maximum absolute atomic E-state index is 13.7. The van der Waals surface area contributed by atoms with Gasteiger partial charge in [0.05, 0.1) is 20.4 Å². The molecular formula is C15H9BrCl2FN3OS. The molecule has 0 radical (unpaired) electrons. The number of rotatable bonds is 4. The highest BCUT2D eigenvalue weighted by Crippen LogP contribution is 2.31. The number of hydrogen-bond donors (Lipinski definition) is 1. The van der Waals surface area contributed by atoms with Crippen molar-refractivity contribution in [2.45, 2.75) is 6.54 Å². The van der Waals surface area contributed by atoms with Crippen LogP contribution < -0.4 is 5.32 Å². The minimum absolute atomic E-state index is 0.243. The van der Waals surface area contributed by atoms with Gasteiger partial charge in [-0.2, -0.15) is 5.10 Å². The van der Waals surface area contributed by atoms with Crippen LogP contribution >= 0.6 is 50.5 Å². The maximum atomic E-state index is 13.7. The summed E-state index contributed by atoms with van der Waals surface area (Å²) in [5.74, 6) is -0.402. The molecule has 0 aliphatic carbocycles. The highest BCUT2D eigenvalue weighted by molar-refractivity contribution is 9.10. The van der Waals surface area contributed by atoms with Crippen molar-refractivity contribution < 1.29 is 9.18 Å². The first-order valence-corrected chi connectivity index (χ1v) is 9.03. The van der Waals surface area contributed by atoms with Crippen molar-refractivity contribution in [3.05, 3.63) is 66.6 Å². The minimum Gasteiger partial charge on any atom is -0.303 e. The Morgan fingerprint density at radius 1 is 1.38 bits per heavy atom. The monoisotopic (exact) mass is 447 g/mol. The van der Waals surface area contributed by atoms with Crippen molar-refractivity contribution in [2.75, 3.05) is 5.32 Å². The zero-order valence-electron chi connectivity index (χ0n) is 11.9. The van der Waals surface area contributed by atoms with E-state index >= 15 is 0 Å². The largest absolute Gasteiger partial charge is 0.303 e. The highest BCUT2D eigenvalue weighted by atomic mass is 79.9. The van der Waals surface area contributed by atoms with Gasteiger partial charge >= 0.3 is 0 Å². The van der Waals surface area contributed by atoms with Crippen LogP contribution in [0.2, 0.25) is 9.36 Å². The van der Waals surface area contributed by atoms with Crippen LogP contribution in [0.3, 0.4) is 0 Å². The molecule has 4 nitrogen and oxygen atoms in total. The molecular weight excluding hydrogens is 440 g/mol. The van der Waals surface area contributed by atoms with Crippen molar-refractivity contribution in [3.63, 3.8) is 0 Å². The average Bonchev–Trinajstić information content (AvgIpc) is 3.04. The predicted molar refractivity (Wildman–Crippen MR) is 97.7 cm³/mol. The number of anilines is 1. The van der Waals surface area contributed by atoms with Crippen LogP contribution in [-0.2, 0) is 6.54 Å². The number of nitrogens with zero attached hydrogens (tertiary/aromatic N) is 2. The molecule has 2 heterocycles. The van der Waals surface area contributed by atoms with Crippen LogP contribution in [0.1, 0.15) is 15.2 Å². The van der Waals surface area contributed by atoms with Gasteiger partial charge < -0.3 is 5.32 Å². The molecule has 0 aliphatic rings. The van der Waals surface area contributed by atoms with Crippen molar-refractivity contribution >= 4 is 62.2 Å². The molecule has 124 valence electrons. The smallest absolute Gasteiger partial charge is 0.268 e. The second kappa shape index (κ2) is 7.23. The van der Waals surface area contributed by atoms with Gasteiger partial charge in [0.15, 0.2) is 5.82 Å². The molecule has 0 atom stereocenters. The van der Waals surface area contributed by atoms with E-state index in [-0.39, 0.29) is 17.4 Å². The second-order valence-electron chi connectivity index (χ2n) is 4.80. The summed E-state index contributed by atoms with van der Waals surface area (Å²) in [6.45, 7) is 0.243. The molecule has 1 amide bonds. The Balaban J connectivity index is 1.78. The molecule has 0 fully saturated rings. The lowest BCUT2D eigenvalue weighted by molar-refractivity contribution is 0.103. The van der Waals surface area contributed by atoms with E-state index in [2.05, 4.69) is 26.3 Å². The Morgan fingerprint density at radius 3 is 2.79 bits per heavy atom. The van der Waals surface area contributed by atoms with Gasteiger partial charge in [-0.05, 0) is 28.1 Å². The summed E-state index contributed by atoms with van der Waals surface area (Å²) in [4.78, 5) is 12.6. The molecule has 0 saturated carbocycles. The lowest BCUT2D eigenvalue weighted by atomic mass is 10.2. The van der Waals surface area contributed by atoms with Crippen molar-refractivity contribution in [1.82, 2.24) is 9.78 Å². The van der Waals surface area contributed by atoms with E-state index in [1.165, 1.54) is 16.8 Å². The van der Waals surface area contributed by atoms with E-state index in [1.54, 1.807) is 24.4 Å².